The maximum absolute atomic E-state index is 14.1. The predicted octanol–water partition coefficient (Wildman–Crippen LogP) is 5.71. The molecule has 0 aliphatic rings. The maximum Gasteiger partial charge on any atom is 0.331 e. The van der Waals surface area contributed by atoms with E-state index in [9.17, 15) is 9.59 Å². The molecule has 4 rings (SSSR count). The van der Waals surface area contributed by atoms with E-state index < -0.39 is 11.5 Å². The number of ether oxygens (including phenoxy) is 1. The molecule has 2 aromatic carbocycles. The Morgan fingerprint density at radius 1 is 1.03 bits per heavy atom. The van der Waals surface area contributed by atoms with Gasteiger partial charge in [0, 0.05) is 16.0 Å². The summed E-state index contributed by atoms with van der Waals surface area (Å²) in [6, 6.07) is 17.6. The van der Waals surface area contributed by atoms with E-state index in [2.05, 4.69) is 0 Å². The summed E-state index contributed by atoms with van der Waals surface area (Å²) in [5, 5.41) is 0.534. The lowest BCUT2D eigenvalue weighted by molar-refractivity contribution is -0.152. The van der Waals surface area contributed by atoms with Crippen molar-refractivity contribution in [3.05, 3.63) is 75.4 Å². The van der Waals surface area contributed by atoms with Crippen LogP contribution >= 0.6 is 11.3 Å². The van der Waals surface area contributed by atoms with Crippen molar-refractivity contribution in [2.45, 2.75) is 40.2 Å². The fourth-order valence-corrected chi connectivity index (χ4v) is 4.96. The molecule has 0 unspecified atom stereocenters. The van der Waals surface area contributed by atoms with Crippen LogP contribution < -0.4 is 5.56 Å². The van der Waals surface area contributed by atoms with Crippen molar-refractivity contribution >= 4 is 27.5 Å². The molecule has 0 N–H and O–H groups in total. The summed E-state index contributed by atoms with van der Waals surface area (Å²) in [5.74, 6) is -0.00811. The zero-order valence-corrected chi connectivity index (χ0v) is 19.7. The van der Waals surface area contributed by atoms with Crippen molar-refractivity contribution in [3.8, 4) is 22.5 Å². The predicted molar refractivity (Wildman–Crippen MR) is 130 cm³/mol. The number of nitrogens with zero attached hydrogens (tertiary/aromatic N) is 2. The van der Waals surface area contributed by atoms with Crippen molar-refractivity contribution < 1.29 is 9.53 Å². The highest BCUT2D eigenvalue weighted by molar-refractivity contribution is 7.19. The van der Waals surface area contributed by atoms with Crippen molar-refractivity contribution in [1.29, 1.82) is 0 Å². The van der Waals surface area contributed by atoms with Gasteiger partial charge < -0.3 is 4.74 Å². The Morgan fingerprint density at radius 3 is 2.31 bits per heavy atom. The summed E-state index contributed by atoms with van der Waals surface area (Å²) in [4.78, 5) is 33.6. The van der Waals surface area contributed by atoms with Crippen LogP contribution in [0.1, 0.15) is 31.2 Å². The van der Waals surface area contributed by atoms with Crippen molar-refractivity contribution in [1.82, 2.24) is 9.55 Å². The van der Waals surface area contributed by atoms with E-state index in [1.165, 1.54) is 15.9 Å². The standard InChI is InChI=1S/C26H26N2O3S/c1-6-31-25(30)26(4,5)28-22(19-14-12-16(2)13-15-19)27-23-21(24(28)29)20(17(3)32-23)18-10-8-7-9-11-18/h7-15H,6H2,1-5H3. The average Bonchev–Trinajstić information content (AvgIpc) is 3.11. The normalized spacial score (nSPS) is 11.7. The van der Waals surface area contributed by atoms with Gasteiger partial charge in [0.25, 0.3) is 5.56 Å². The number of benzene rings is 2. The molecule has 0 saturated carbocycles. The molecule has 32 heavy (non-hydrogen) atoms. The van der Waals surface area contributed by atoms with Crippen molar-refractivity contribution in [2.24, 2.45) is 0 Å². The van der Waals surface area contributed by atoms with Gasteiger partial charge in [0.05, 0.1) is 12.0 Å². The highest BCUT2D eigenvalue weighted by Crippen LogP contribution is 2.37. The number of carbonyl (C=O) groups is 1. The van der Waals surface area contributed by atoms with Crippen molar-refractivity contribution in [3.63, 3.8) is 0 Å². The van der Waals surface area contributed by atoms with Gasteiger partial charge in [0.15, 0.2) is 0 Å². The molecule has 0 radical (unpaired) electrons. The SMILES string of the molecule is CCOC(=O)C(C)(C)n1c(-c2ccc(C)cc2)nc2sc(C)c(-c3ccccc3)c2c1=O. The summed E-state index contributed by atoms with van der Waals surface area (Å²) >= 11 is 1.50. The van der Waals surface area contributed by atoms with Crippen LogP contribution in [-0.2, 0) is 15.1 Å². The molecule has 0 aliphatic carbocycles. The van der Waals surface area contributed by atoms with E-state index >= 15 is 0 Å². The molecule has 6 heteroatoms. The quantitative estimate of drug-likeness (QED) is 0.369. The number of carbonyl (C=O) groups excluding carboxylic acids is 1. The second-order valence-corrected chi connectivity index (χ2v) is 9.50. The van der Waals surface area contributed by atoms with Crippen molar-refractivity contribution in [2.75, 3.05) is 6.61 Å². The first kappa shape index (κ1) is 22.0. The molecule has 0 amide bonds. The summed E-state index contributed by atoms with van der Waals surface area (Å²) in [6.07, 6.45) is 0. The van der Waals surface area contributed by atoms with Crippen LogP contribution in [0.3, 0.4) is 0 Å². The molecular weight excluding hydrogens is 420 g/mol. The number of hydrogen-bond donors (Lipinski definition) is 0. The molecule has 4 aromatic rings. The fraction of sp³-hybridized carbons (Fsp3) is 0.269. The van der Waals surface area contributed by atoms with Gasteiger partial charge in [-0.2, -0.15) is 0 Å². The van der Waals surface area contributed by atoms with Gasteiger partial charge >= 0.3 is 5.97 Å². The number of aryl methyl sites for hydroxylation is 2. The van der Waals surface area contributed by atoms with Crippen LogP contribution in [0.2, 0.25) is 0 Å². The number of hydrogen-bond acceptors (Lipinski definition) is 5. The molecule has 0 saturated heterocycles. The highest BCUT2D eigenvalue weighted by atomic mass is 32.1. The lowest BCUT2D eigenvalue weighted by Crippen LogP contribution is -2.45. The number of aromatic nitrogens is 2. The Bertz CT molecular complexity index is 1350. The highest BCUT2D eigenvalue weighted by Gasteiger charge is 2.36. The Kier molecular flexibility index (Phi) is 5.73. The molecule has 0 aliphatic heterocycles. The third kappa shape index (κ3) is 3.65. The van der Waals surface area contributed by atoms with Gasteiger partial charge in [-0.15, -0.1) is 11.3 Å². The number of esters is 1. The molecule has 5 nitrogen and oxygen atoms in total. The Balaban J connectivity index is 2.11. The molecule has 0 bridgehead atoms. The zero-order chi connectivity index (χ0) is 23.0. The summed E-state index contributed by atoms with van der Waals surface area (Å²) in [5.41, 5.74) is 2.22. The van der Waals surface area contributed by atoms with Crippen LogP contribution in [0, 0.1) is 13.8 Å². The fourth-order valence-electron chi connectivity index (χ4n) is 3.93. The van der Waals surface area contributed by atoms with E-state index in [1.807, 2.05) is 68.4 Å². The second-order valence-electron chi connectivity index (χ2n) is 8.30. The summed E-state index contributed by atoms with van der Waals surface area (Å²) < 4.78 is 6.83. The van der Waals surface area contributed by atoms with Crippen LogP contribution in [0.4, 0.5) is 0 Å². The van der Waals surface area contributed by atoms with E-state index in [4.69, 9.17) is 9.72 Å². The minimum atomic E-state index is -1.24. The first-order chi connectivity index (χ1) is 15.3. The molecular formula is C26H26N2O3S. The van der Waals surface area contributed by atoms with E-state index in [0.717, 1.165) is 27.1 Å². The number of fused-ring (bicyclic) bond motifs is 1. The summed E-state index contributed by atoms with van der Waals surface area (Å²) in [6.45, 7) is 9.41. The Hall–Kier alpha value is -3.25. The molecule has 2 aromatic heterocycles. The Labute approximate surface area is 191 Å². The summed E-state index contributed by atoms with van der Waals surface area (Å²) in [7, 11) is 0. The average molecular weight is 447 g/mol. The number of rotatable bonds is 5. The first-order valence-corrected chi connectivity index (χ1v) is 11.4. The maximum atomic E-state index is 14.1. The zero-order valence-electron chi connectivity index (χ0n) is 18.9. The van der Waals surface area contributed by atoms with Gasteiger partial charge in [0.2, 0.25) is 0 Å². The third-order valence-corrected chi connectivity index (χ3v) is 6.61. The van der Waals surface area contributed by atoms with Crippen LogP contribution in [0.15, 0.2) is 59.4 Å². The van der Waals surface area contributed by atoms with Crippen LogP contribution in [-0.4, -0.2) is 22.1 Å². The molecule has 164 valence electrons. The second kappa shape index (κ2) is 8.36. The minimum Gasteiger partial charge on any atom is -0.464 e. The van der Waals surface area contributed by atoms with E-state index in [0.29, 0.717) is 16.0 Å². The van der Waals surface area contributed by atoms with Gasteiger partial charge in [-0.3, -0.25) is 9.36 Å². The van der Waals surface area contributed by atoms with Crippen LogP contribution in [0.25, 0.3) is 32.7 Å². The first-order valence-electron chi connectivity index (χ1n) is 10.6. The molecule has 0 fully saturated rings. The largest absolute Gasteiger partial charge is 0.464 e. The van der Waals surface area contributed by atoms with Gasteiger partial charge in [-0.1, -0.05) is 60.2 Å². The lowest BCUT2D eigenvalue weighted by atomic mass is 10.0. The van der Waals surface area contributed by atoms with Gasteiger partial charge in [-0.05, 0) is 40.2 Å². The third-order valence-electron chi connectivity index (χ3n) is 5.61. The Morgan fingerprint density at radius 2 is 1.69 bits per heavy atom. The molecule has 0 atom stereocenters. The molecule has 2 heterocycles. The van der Waals surface area contributed by atoms with Gasteiger partial charge in [0.1, 0.15) is 16.2 Å². The minimum absolute atomic E-state index is 0.235. The van der Waals surface area contributed by atoms with E-state index in [1.54, 1.807) is 20.8 Å². The van der Waals surface area contributed by atoms with E-state index in [-0.39, 0.29) is 12.2 Å². The topological polar surface area (TPSA) is 61.2 Å². The number of thiophene rings is 1. The van der Waals surface area contributed by atoms with Crippen LogP contribution in [0.5, 0.6) is 0 Å². The molecule has 0 spiro atoms. The van der Waals surface area contributed by atoms with Gasteiger partial charge in [-0.25, -0.2) is 9.78 Å². The lowest BCUT2D eigenvalue weighted by Gasteiger charge is -2.27. The smallest absolute Gasteiger partial charge is 0.331 e. The monoisotopic (exact) mass is 446 g/mol.